The second kappa shape index (κ2) is 5.72. The number of hydrogen-bond donors (Lipinski definition) is 1. The molecule has 84 valence electrons. The minimum Gasteiger partial charge on any atom is -0.305 e. The number of rotatable bonds is 5. The topological polar surface area (TPSA) is 37.8 Å². The van der Waals surface area contributed by atoms with Crippen molar-refractivity contribution in [2.45, 2.75) is 26.4 Å². The highest BCUT2D eigenvalue weighted by molar-refractivity contribution is 7.10. The third-order valence-corrected chi connectivity index (χ3v) is 3.37. The van der Waals surface area contributed by atoms with E-state index < -0.39 is 0 Å². The van der Waals surface area contributed by atoms with Crippen molar-refractivity contribution in [3.8, 4) is 0 Å². The minimum atomic E-state index is 0.724. The van der Waals surface area contributed by atoms with Crippen LogP contribution in [0.5, 0.6) is 0 Å². The zero-order valence-electron chi connectivity index (χ0n) is 9.31. The van der Waals surface area contributed by atoms with Crippen LogP contribution in [0, 0.1) is 0 Å². The second-order valence-corrected chi connectivity index (χ2v) is 4.49. The van der Waals surface area contributed by atoms with E-state index in [1.54, 1.807) is 23.7 Å². The molecule has 0 bridgehead atoms. The Balaban J connectivity index is 1.85. The molecule has 2 aromatic heterocycles. The van der Waals surface area contributed by atoms with Gasteiger partial charge in [0.1, 0.15) is 5.82 Å². The Morgan fingerprint density at radius 1 is 1.25 bits per heavy atom. The van der Waals surface area contributed by atoms with Gasteiger partial charge in [0.05, 0.1) is 6.54 Å². The SMILES string of the molecule is CCc1ccsc1CNCc1ncccn1. The first-order chi connectivity index (χ1) is 7.90. The Morgan fingerprint density at radius 2 is 2.06 bits per heavy atom. The molecular formula is C12H15N3S. The maximum Gasteiger partial charge on any atom is 0.141 e. The molecule has 16 heavy (non-hydrogen) atoms. The van der Waals surface area contributed by atoms with Gasteiger partial charge in [-0.15, -0.1) is 11.3 Å². The van der Waals surface area contributed by atoms with Crippen LogP contribution in [0.15, 0.2) is 29.9 Å². The summed E-state index contributed by atoms with van der Waals surface area (Å²) in [7, 11) is 0. The normalized spacial score (nSPS) is 10.6. The van der Waals surface area contributed by atoms with E-state index in [0.717, 1.165) is 25.3 Å². The van der Waals surface area contributed by atoms with Crippen LogP contribution in [0.2, 0.25) is 0 Å². The molecule has 1 N–H and O–H groups in total. The Kier molecular flexibility index (Phi) is 4.02. The maximum absolute atomic E-state index is 4.17. The predicted octanol–water partition coefficient (Wildman–Crippen LogP) is 2.39. The van der Waals surface area contributed by atoms with Crippen molar-refractivity contribution < 1.29 is 0 Å². The van der Waals surface area contributed by atoms with E-state index in [9.17, 15) is 0 Å². The monoisotopic (exact) mass is 233 g/mol. The van der Waals surface area contributed by atoms with Gasteiger partial charge in [-0.25, -0.2) is 9.97 Å². The lowest BCUT2D eigenvalue weighted by atomic mass is 10.2. The number of thiophene rings is 1. The van der Waals surface area contributed by atoms with E-state index in [4.69, 9.17) is 0 Å². The van der Waals surface area contributed by atoms with Crippen LogP contribution < -0.4 is 5.32 Å². The first kappa shape index (κ1) is 11.2. The molecule has 4 heteroatoms. The second-order valence-electron chi connectivity index (χ2n) is 3.49. The first-order valence-electron chi connectivity index (χ1n) is 5.42. The molecule has 0 saturated carbocycles. The zero-order valence-corrected chi connectivity index (χ0v) is 10.1. The molecule has 0 aliphatic carbocycles. The third kappa shape index (κ3) is 2.87. The average Bonchev–Trinajstić information content (AvgIpc) is 2.78. The Hall–Kier alpha value is -1.26. The molecule has 2 aromatic rings. The molecule has 2 heterocycles. The van der Waals surface area contributed by atoms with Gasteiger partial charge in [-0.2, -0.15) is 0 Å². The first-order valence-corrected chi connectivity index (χ1v) is 6.30. The zero-order chi connectivity index (χ0) is 11.2. The van der Waals surface area contributed by atoms with Crippen molar-refractivity contribution in [2.24, 2.45) is 0 Å². The number of nitrogens with zero attached hydrogens (tertiary/aromatic N) is 2. The molecular weight excluding hydrogens is 218 g/mol. The van der Waals surface area contributed by atoms with Gasteiger partial charge in [0.25, 0.3) is 0 Å². The summed E-state index contributed by atoms with van der Waals surface area (Å²) in [5.41, 5.74) is 1.44. The largest absolute Gasteiger partial charge is 0.305 e. The van der Waals surface area contributed by atoms with E-state index in [1.807, 2.05) is 6.07 Å². The van der Waals surface area contributed by atoms with Crippen molar-refractivity contribution >= 4 is 11.3 Å². The lowest BCUT2D eigenvalue weighted by molar-refractivity contribution is 0.665. The van der Waals surface area contributed by atoms with Gasteiger partial charge in [-0.05, 0) is 29.5 Å². The van der Waals surface area contributed by atoms with Crippen molar-refractivity contribution in [1.29, 1.82) is 0 Å². The molecule has 2 rings (SSSR count). The van der Waals surface area contributed by atoms with Gasteiger partial charge < -0.3 is 5.32 Å². The summed E-state index contributed by atoms with van der Waals surface area (Å²) in [6.45, 7) is 3.81. The molecule has 3 nitrogen and oxygen atoms in total. The Bertz CT molecular complexity index is 425. The third-order valence-electron chi connectivity index (χ3n) is 2.41. The van der Waals surface area contributed by atoms with E-state index in [0.29, 0.717) is 0 Å². The number of aryl methyl sites for hydroxylation is 1. The molecule has 0 aliphatic heterocycles. The van der Waals surface area contributed by atoms with Crippen molar-refractivity contribution in [3.05, 3.63) is 46.2 Å². The summed E-state index contributed by atoms with van der Waals surface area (Å²) >= 11 is 1.81. The highest BCUT2D eigenvalue weighted by Gasteiger charge is 2.02. The molecule has 0 amide bonds. The van der Waals surface area contributed by atoms with Crippen LogP contribution in [-0.4, -0.2) is 9.97 Å². The van der Waals surface area contributed by atoms with E-state index in [2.05, 4.69) is 33.7 Å². The van der Waals surface area contributed by atoms with E-state index in [-0.39, 0.29) is 0 Å². The summed E-state index contributed by atoms with van der Waals surface area (Å²) in [5.74, 6) is 0.845. The van der Waals surface area contributed by atoms with E-state index in [1.165, 1.54) is 10.4 Å². The summed E-state index contributed by atoms with van der Waals surface area (Å²) in [5, 5.41) is 5.51. The smallest absolute Gasteiger partial charge is 0.141 e. The van der Waals surface area contributed by atoms with Crippen LogP contribution in [-0.2, 0) is 19.5 Å². The van der Waals surface area contributed by atoms with Gasteiger partial charge in [-0.3, -0.25) is 0 Å². The Morgan fingerprint density at radius 3 is 2.81 bits per heavy atom. The van der Waals surface area contributed by atoms with Crippen LogP contribution in [0.4, 0.5) is 0 Å². The summed E-state index contributed by atoms with van der Waals surface area (Å²) in [4.78, 5) is 9.76. The summed E-state index contributed by atoms with van der Waals surface area (Å²) < 4.78 is 0. The molecule has 0 atom stereocenters. The van der Waals surface area contributed by atoms with Crippen LogP contribution in [0.1, 0.15) is 23.2 Å². The highest BCUT2D eigenvalue weighted by atomic mass is 32.1. The van der Waals surface area contributed by atoms with Crippen LogP contribution >= 0.6 is 11.3 Å². The molecule has 0 saturated heterocycles. The summed E-state index contributed by atoms with van der Waals surface area (Å²) in [6, 6.07) is 4.03. The molecule has 0 fully saturated rings. The van der Waals surface area contributed by atoms with Crippen molar-refractivity contribution in [3.63, 3.8) is 0 Å². The van der Waals surface area contributed by atoms with Gasteiger partial charge >= 0.3 is 0 Å². The van der Waals surface area contributed by atoms with Gasteiger partial charge in [-0.1, -0.05) is 6.92 Å². The summed E-state index contributed by atoms with van der Waals surface area (Å²) in [6.07, 6.45) is 4.64. The molecule has 0 spiro atoms. The fourth-order valence-corrected chi connectivity index (χ4v) is 2.49. The van der Waals surface area contributed by atoms with Gasteiger partial charge in [0.15, 0.2) is 0 Å². The van der Waals surface area contributed by atoms with Gasteiger partial charge in [0, 0.05) is 23.8 Å². The Labute approximate surface area is 99.6 Å². The number of aromatic nitrogens is 2. The number of hydrogen-bond acceptors (Lipinski definition) is 4. The quantitative estimate of drug-likeness (QED) is 0.861. The van der Waals surface area contributed by atoms with Gasteiger partial charge in [0.2, 0.25) is 0 Å². The number of nitrogens with one attached hydrogen (secondary N) is 1. The van der Waals surface area contributed by atoms with Crippen molar-refractivity contribution in [1.82, 2.24) is 15.3 Å². The van der Waals surface area contributed by atoms with Crippen molar-refractivity contribution in [2.75, 3.05) is 0 Å². The lowest BCUT2D eigenvalue weighted by Crippen LogP contribution is -2.14. The molecule has 0 unspecified atom stereocenters. The average molecular weight is 233 g/mol. The maximum atomic E-state index is 4.17. The minimum absolute atomic E-state index is 0.724. The van der Waals surface area contributed by atoms with Crippen LogP contribution in [0.25, 0.3) is 0 Å². The standard InChI is InChI=1S/C12H15N3S/c1-2-10-4-7-16-11(10)8-13-9-12-14-5-3-6-15-12/h3-7,13H,2,8-9H2,1H3. The highest BCUT2D eigenvalue weighted by Crippen LogP contribution is 2.16. The fraction of sp³-hybridized carbons (Fsp3) is 0.333. The molecule has 0 aromatic carbocycles. The van der Waals surface area contributed by atoms with Crippen LogP contribution in [0.3, 0.4) is 0 Å². The lowest BCUT2D eigenvalue weighted by Gasteiger charge is -2.03. The van der Waals surface area contributed by atoms with E-state index >= 15 is 0 Å². The molecule has 0 radical (unpaired) electrons. The predicted molar refractivity (Wildman–Crippen MR) is 66.3 cm³/mol. The fourth-order valence-electron chi connectivity index (χ4n) is 1.55. The molecule has 0 aliphatic rings.